The molecular weight excluding hydrogens is 244 g/mol. The highest BCUT2D eigenvalue weighted by Gasteiger charge is 2.12. The lowest BCUT2D eigenvalue weighted by atomic mass is 10.3. The molecule has 3 nitrogen and oxygen atoms in total. The maximum Gasteiger partial charge on any atom is 0.134 e. The lowest BCUT2D eigenvalue weighted by molar-refractivity contribution is 0.282. The van der Waals surface area contributed by atoms with Crippen molar-refractivity contribution in [3.63, 3.8) is 0 Å². The van der Waals surface area contributed by atoms with Gasteiger partial charge in [0.1, 0.15) is 5.75 Å². The van der Waals surface area contributed by atoms with Crippen molar-refractivity contribution in [1.29, 1.82) is 0 Å². The van der Waals surface area contributed by atoms with Crippen LogP contribution in [0.25, 0.3) is 0 Å². The van der Waals surface area contributed by atoms with Crippen molar-refractivity contribution in [2.24, 2.45) is 0 Å². The molecule has 1 fully saturated rings. The number of nitrogens with zero attached hydrogens (tertiary/aromatic N) is 1. The van der Waals surface area contributed by atoms with Gasteiger partial charge in [-0.1, -0.05) is 0 Å². The molecule has 1 N–H and O–H groups in total. The zero-order valence-electron chi connectivity index (χ0n) is 9.57. The molecule has 0 aliphatic carbocycles. The SMILES string of the molecule is COc1ccsc1CN1CCCNCC1.Cl. The zero-order chi connectivity index (χ0) is 10.5. The highest BCUT2D eigenvalue weighted by atomic mass is 35.5. The van der Waals surface area contributed by atoms with E-state index in [2.05, 4.69) is 21.7 Å². The summed E-state index contributed by atoms with van der Waals surface area (Å²) in [6.07, 6.45) is 1.24. The molecule has 0 atom stereocenters. The van der Waals surface area contributed by atoms with Crippen LogP contribution in [0.3, 0.4) is 0 Å². The Labute approximate surface area is 107 Å². The van der Waals surface area contributed by atoms with Crippen LogP contribution >= 0.6 is 23.7 Å². The molecule has 0 spiro atoms. The van der Waals surface area contributed by atoms with Gasteiger partial charge in [-0.05, 0) is 31.0 Å². The molecule has 1 aromatic heterocycles. The average Bonchev–Trinajstić information content (AvgIpc) is 2.53. The normalized spacial score (nSPS) is 17.6. The molecule has 2 heterocycles. The summed E-state index contributed by atoms with van der Waals surface area (Å²) in [5.74, 6) is 1.04. The average molecular weight is 263 g/mol. The highest BCUT2D eigenvalue weighted by molar-refractivity contribution is 7.10. The summed E-state index contributed by atoms with van der Waals surface area (Å²) >= 11 is 1.79. The van der Waals surface area contributed by atoms with Crippen LogP contribution < -0.4 is 10.1 Å². The summed E-state index contributed by atoms with van der Waals surface area (Å²) in [5, 5.41) is 5.52. The van der Waals surface area contributed by atoms with Gasteiger partial charge < -0.3 is 10.1 Å². The first-order chi connectivity index (χ1) is 7.40. The smallest absolute Gasteiger partial charge is 0.134 e. The summed E-state index contributed by atoms with van der Waals surface area (Å²) < 4.78 is 5.33. The lowest BCUT2D eigenvalue weighted by Gasteiger charge is -2.18. The molecule has 0 radical (unpaired) electrons. The van der Waals surface area contributed by atoms with Gasteiger partial charge in [-0.15, -0.1) is 23.7 Å². The number of hydrogen-bond donors (Lipinski definition) is 1. The third-order valence-corrected chi connectivity index (χ3v) is 3.61. The molecule has 1 saturated heterocycles. The van der Waals surface area contributed by atoms with E-state index in [1.54, 1.807) is 18.4 Å². The zero-order valence-corrected chi connectivity index (χ0v) is 11.2. The number of hydrogen-bond acceptors (Lipinski definition) is 4. The van der Waals surface area contributed by atoms with Crippen LogP contribution in [0.5, 0.6) is 5.75 Å². The van der Waals surface area contributed by atoms with E-state index in [0.29, 0.717) is 0 Å². The van der Waals surface area contributed by atoms with Crippen molar-refractivity contribution in [2.45, 2.75) is 13.0 Å². The number of thiophene rings is 1. The van der Waals surface area contributed by atoms with Crippen LogP contribution in [-0.2, 0) is 6.54 Å². The van der Waals surface area contributed by atoms with Gasteiger partial charge in [-0.25, -0.2) is 0 Å². The fraction of sp³-hybridized carbons (Fsp3) is 0.636. The third kappa shape index (κ3) is 3.63. The Morgan fingerprint density at radius 2 is 2.31 bits per heavy atom. The molecule has 92 valence electrons. The van der Waals surface area contributed by atoms with Gasteiger partial charge in [-0.3, -0.25) is 4.90 Å². The molecule has 5 heteroatoms. The van der Waals surface area contributed by atoms with Gasteiger partial charge in [0.15, 0.2) is 0 Å². The van der Waals surface area contributed by atoms with Gasteiger partial charge >= 0.3 is 0 Å². The number of nitrogens with one attached hydrogen (secondary N) is 1. The molecule has 1 aromatic rings. The molecule has 1 aliphatic heterocycles. The van der Waals surface area contributed by atoms with Crippen LogP contribution in [0.4, 0.5) is 0 Å². The van der Waals surface area contributed by atoms with E-state index in [1.807, 2.05) is 0 Å². The molecule has 0 amide bonds. The molecule has 0 saturated carbocycles. The van der Waals surface area contributed by atoms with E-state index in [0.717, 1.165) is 31.9 Å². The first-order valence-corrected chi connectivity index (χ1v) is 6.31. The second-order valence-corrected chi connectivity index (χ2v) is 4.79. The van der Waals surface area contributed by atoms with Crippen molar-refractivity contribution in [3.8, 4) is 5.75 Å². The molecule has 0 unspecified atom stereocenters. The molecule has 16 heavy (non-hydrogen) atoms. The fourth-order valence-corrected chi connectivity index (χ4v) is 2.77. The monoisotopic (exact) mass is 262 g/mol. The van der Waals surface area contributed by atoms with Crippen molar-refractivity contribution < 1.29 is 4.74 Å². The van der Waals surface area contributed by atoms with Gasteiger partial charge in [-0.2, -0.15) is 0 Å². The minimum atomic E-state index is 0. The summed E-state index contributed by atoms with van der Waals surface area (Å²) in [5.41, 5.74) is 0. The van der Waals surface area contributed by atoms with Crippen LogP contribution in [0, 0.1) is 0 Å². The number of halogens is 1. The van der Waals surface area contributed by atoms with E-state index >= 15 is 0 Å². The first-order valence-electron chi connectivity index (χ1n) is 5.43. The molecule has 0 bridgehead atoms. The maximum atomic E-state index is 5.33. The second-order valence-electron chi connectivity index (χ2n) is 3.79. The highest BCUT2D eigenvalue weighted by Crippen LogP contribution is 2.25. The Morgan fingerprint density at radius 1 is 1.44 bits per heavy atom. The van der Waals surface area contributed by atoms with Crippen molar-refractivity contribution in [2.75, 3.05) is 33.3 Å². The molecule has 0 aromatic carbocycles. The van der Waals surface area contributed by atoms with Crippen LogP contribution in [0.15, 0.2) is 11.4 Å². The van der Waals surface area contributed by atoms with Crippen molar-refractivity contribution in [3.05, 3.63) is 16.3 Å². The largest absolute Gasteiger partial charge is 0.496 e. The van der Waals surface area contributed by atoms with Crippen LogP contribution in [0.2, 0.25) is 0 Å². The number of methoxy groups -OCH3 is 1. The van der Waals surface area contributed by atoms with Crippen molar-refractivity contribution in [1.82, 2.24) is 10.2 Å². The predicted octanol–water partition coefficient (Wildman–Crippen LogP) is 1.97. The number of rotatable bonds is 3. The van der Waals surface area contributed by atoms with Gasteiger partial charge in [0.2, 0.25) is 0 Å². The summed E-state index contributed by atoms with van der Waals surface area (Å²) in [7, 11) is 1.75. The maximum absolute atomic E-state index is 5.33. The summed E-state index contributed by atoms with van der Waals surface area (Å²) in [6, 6.07) is 2.05. The van der Waals surface area contributed by atoms with Gasteiger partial charge in [0, 0.05) is 19.6 Å². The van der Waals surface area contributed by atoms with Crippen LogP contribution in [-0.4, -0.2) is 38.2 Å². The quantitative estimate of drug-likeness (QED) is 0.902. The van der Waals surface area contributed by atoms with E-state index < -0.39 is 0 Å². The Morgan fingerprint density at radius 3 is 3.12 bits per heavy atom. The summed E-state index contributed by atoms with van der Waals surface area (Å²) in [6.45, 7) is 5.61. The van der Waals surface area contributed by atoms with Gasteiger partial charge in [0.05, 0.1) is 12.0 Å². The van der Waals surface area contributed by atoms with Gasteiger partial charge in [0.25, 0.3) is 0 Å². The third-order valence-electron chi connectivity index (χ3n) is 2.72. The number of ether oxygens (including phenoxy) is 1. The standard InChI is InChI=1S/C11H18N2OS.ClH/c1-14-10-3-8-15-11(10)9-13-6-2-4-12-5-7-13;/h3,8,12H,2,4-7,9H2,1H3;1H. The second kappa shape index (κ2) is 7.12. The molecule has 2 rings (SSSR count). The van der Waals surface area contributed by atoms with E-state index in [4.69, 9.17) is 4.74 Å². The summed E-state index contributed by atoms with van der Waals surface area (Å²) in [4.78, 5) is 3.84. The van der Waals surface area contributed by atoms with Crippen LogP contribution in [0.1, 0.15) is 11.3 Å². The Kier molecular flexibility index (Phi) is 6.13. The predicted molar refractivity (Wildman–Crippen MR) is 70.9 cm³/mol. The lowest BCUT2D eigenvalue weighted by Crippen LogP contribution is -2.27. The first kappa shape index (κ1) is 13.8. The van der Waals surface area contributed by atoms with E-state index in [-0.39, 0.29) is 12.4 Å². The fourth-order valence-electron chi connectivity index (χ4n) is 1.89. The topological polar surface area (TPSA) is 24.5 Å². The minimum Gasteiger partial charge on any atom is -0.496 e. The minimum absolute atomic E-state index is 0. The van der Waals surface area contributed by atoms with E-state index in [1.165, 1.54) is 17.8 Å². The Bertz CT molecular complexity index is 298. The Balaban J connectivity index is 0.00000128. The Hall–Kier alpha value is -0.290. The van der Waals surface area contributed by atoms with Crippen molar-refractivity contribution >= 4 is 23.7 Å². The molecule has 1 aliphatic rings. The van der Waals surface area contributed by atoms with E-state index in [9.17, 15) is 0 Å². The molecular formula is C11H19ClN2OS.